The van der Waals surface area contributed by atoms with Crippen LogP contribution in [0, 0.1) is 0 Å². The number of halogens is 2. The fourth-order valence-electron chi connectivity index (χ4n) is 3.38. The third kappa shape index (κ3) is 7.19. The number of ether oxygens (including phenoxy) is 1. The molecule has 0 amide bonds. The monoisotopic (exact) mass is 408 g/mol. The lowest BCUT2D eigenvalue weighted by Gasteiger charge is -2.35. The maximum atomic E-state index is 6.02. The molecule has 0 unspecified atom stereocenters. The number of piperazine rings is 1. The smallest absolute Gasteiger partial charge is 0.120 e. The average Bonchev–Trinajstić information content (AvgIpc) is 2.69. The number of hydrogen-bond acceptors (Lipinski definition) is 3. The van der Waals surface area contributed by atoms with Crippen molar-refractivity contribution >= 4 is 24.8 Å². The Kier molecular flexibility index (Phi) is 11.1. The van der Waals surface area contributed by atoms with E-state index < -0.39 is 0 Å². The van der Waals surface area contributed by atoms with Crippen LogP contribution in [-0.4, -0.2) is 31.1 Å². The van der Waals surface area contributed by atoms with Crippen LogP contribution in [-0.2, 0) is 6.61 Å². The highest BCUT2D eigenvalue weighted by Gasteiger charge is 2.21. The zero-order valence-electron chi connectivity index (χ0n) is 15.7. The quantitative estimate of drug-likeness (QED) is 0.620. The second-order valence-corrected chi connectivity index (χ2v) is 6.51. The van der Waals surface area contributed by atoms with Gasteiger partial charge in [0.05, 0.1) is 0 Å². The Hall–Kier alpha value is -1.52. The van der Waals surface area contributed by atoms with Gasteiger partial charge in [0, 0.05) is 32.2 Å². The molecule has 0 saturated carbocycles. The van der Waals surface area contributed by atoms with E-state index in [1.165, 1.54) is 11.1 Å². The van der Waals surface area contributed by atoms with Gasteiger partial charge in [-0.05, 0) is 36.1 Å². The molecule has 2 aromatic rings. The van der Waals surface area contributed by atoms with E-state index in [9.17, 15) is 0 Å². The van der Waals surface area contributed by atoms with Crippen LogP contribution in [0.1, 0.15) is 30.0 Å². The Morgan fingerprint density at radius 3 is 2.48 bits per heavy atom. The Morgan fingerprint density at radius 2 is 1.78 bits per heavy atom. The van der Waals surface area contributed by atoms with E-state index in [0.717, 1.165) is 44.8 Å². The first-order valence-corrected chi connectivity index (χ1v) is 9.19. The minimum absolute atomic E-state index is 0. The van der Waals surface area contributed by atoms with Crippen molar-refractivity contribution in [3.8, 4) is 5.75 Å². The van der Waals surface area contributed by atoms with Crippen molar-refractivity contribution in [3.05, 3.63) is 78.4 Å². The van der Waals surface area contributed by atoms with Gasteiger partial charge in [0.15, 0.2) is 0 Å². The number of allylic oxidation sites excluding steroid dienone is 1. The van der Waals surface area contributed by atoms with Gasteiger partial charge in [-0.15, -0.1) is 31.4 Å². The van der Waals surface area contributed by atoms with Gasteiger partial charge in [0.2, 0.25) is 0 Å². The zero-order valence-corrected chi connectivity index (χ0v) is 17.3. The fraction of sp³-hybridized carbons (Fsp3) is 0.364. The van der Waals surface area contributed by atoms with Crippen molar-refractivity contribution in [3.63, 3.8) is 0 Å². The summed E-state index contributed by atoms with van der Waals surface area (Å²) < 4.78 is 6.02. The van der Waals surface area contributed by atoms with Gasteiger partial charge >= 0.3 is 0 Å². The summed E-state index contributed by atoms with van der Waals surface area (Å²) in [7, 11) is 0. The van der Waals surface area contributed by atoms with Crippen LogP contribution in [0.15, 0.2) is 67.3 Å². The molecule has 1 aliphatic rings. The van der Waals surface area contributed by atoms with Gasteiger partial charge in [-0.1, -0.05) is 48.5 Å². The van der Waals surface area contributed by atoms with E-state index >= 15 is 0 Å². The zero-order chi connectivity index (χ0) is 17.3. The number of nitrogens with zero attached hydrogens (tertiary/aromatic N) is 1. The summed E-state index contributed by atoms with van der Waals surface area (Å²) >= 11 is 0. The predicted octanol–water partition coefficient (Wildman–Crippen LogP) is 5.02. The molecular formula is C22H30Cl2N2O. The van der Waals surface area contributed by atoms with Crippen molar-refractivity contribution in [2.24, 2.45) is 0 Å². The molecule has 3 rings (SSSR count). The van der Waals surface area contributed by atoms with Crippen LogP contribution >= 0.6 is 24.8 Å². The van der Waals surface area contributed by atoms with E-state index in [4.69, 9.17) is 4.74 Å². The highest BCUT2D eigenvalue weighted by atomic mass is 35.5. The van der Waals surface area contributed by atoms with E-state index in [2.05, 4.69) is 53.2 Å². The van der Waals surface area contributed by atoms with Gasteiger partial charge in [-0.2, -0.15) is 0 Å². The molecule has 5 heteroatoms. The SMILES string of the molecule is C=CCC[C@H](c1cccc(OCc2ccccc2)c1)N1CCNCC1.Cl.Cl. The molecule has 0 radical (unpaired) electrons. The average molecular weight is 409 g/mol. The molecule has 3 nitrogen and oxygen atoms in total. The van der Waals surface area contributed by atoms with Crippen LogP contribution in [0.2, 0.25) is 0 Å². The largest absolute Gasteiger partial charge is 0.489 e. The minimum Gasteiger partial charge on any atom is -0.489 e. The Labute approximate surface area is 175 Å². The number of hydrogen-bond donors (Lipinski definition) is 1. The van der Waals surface area contributed by atoms with Crippen molar-refractivity contribution < 1.29 is 4.74 Å². The van der Waals surface area contributed by atoms with Crippen molar-refractivity contribution in [2.75, 3.05) is 26.2 Å². The summed E-state index contributed by atoms with van der Waals surface area (Å²) in [4.78, 5) is 2.58. The fourth-order valence-corrected chi connectivity index (χ4v) is 3.38. The van der Waals surface area contributed by atoms with Gasteiger partial charge in [-0.25, -0.2) is 0 Å². The third-order valence-corrected chi connectivity index (χ3v) is 4.73. The second kappa shape index (κ2) is 12.8. The van der Waals surface area contributed by atoms with Gasteiger partial charge < -0.3 is 10.1 Å². The Balaban J connectivity index is 0.00000182. The van der Waals surface area contributed by atoms with Crippen LogP contribution in [0.5, 0.6) is 5.75 Å². The van der Waals surface area contributed by atoms with Gasteiger partial charge in [0.25, 0.3) is 0 Å². The summed E-state index contributed by atoms with van der Waals surface area (Å²) in [6, 6.07) is 19.3. The molecule has 0 aliphatic carbocycles. The van der Waals surface area contributed by atoms with Gasteiger partial charge in [-0.3, -0.25) is 4.90 Å². The summed E-state index contributed by atoms with van der Waals surface area (Å²) in [6.07, 6.45) is 4.15. The summed E-state index contributed by atoms with van der Waals surface area (Å²) in [5.41, 5.74) is 2.53. The van der Waals surface area contributed by atoms with E-state index in [0.29, 0.717) is 12.6 Å². The van der Waals surface area contributed by atoms with Crippen molar-refractivity contribution in [2.45, 2.75) is 25.5 Å². The molecule has 0 spiro atoms. The molecule has 2 aromatic carbocycles. The van der Waals surface area contributed by atoms with Crippen LogP contribution in [0.3, 0.4) is 0 Å². The molecule has 1 heterocycles. The van der Waals surface area contributed by atoms with Crippen LogP contribution in [0.4, 0.5) is 0 Å². The summed E-state index contributed by atoms with van der Waals surface area (Å²) in [5, 5.41) is 3.44. The van der Waals surface area contributed by atoms with Crippen molar-refractivity contribution in [1.29, 1.82) is 0 Å². The lowest BCUT2D eigenvalue weighted by atomic mass is 9.99. The molecule has 27 heavy (non-hydrogen) atoms. The highest BCUT2D eigenvalue weighted by molar-refractivity contribution is 5.85. The molecule has 148 valence electrons. The Morgan fingerprint density at radius 1 is 1.04 bits per heavy atom. The summed E-state index contributed by atoms with van der Waals surface area (Å²) in [5.74, 6) is 0.945. The van der Waals surface area contributed by atoms with Crippen LogP contribution < -0.4 is 10.1 Å². The lowest BCUT2D eigenvalue weighted by molar-refractivity contribution is 0.166. The van der Waals surface area contributed by atoms with E-state index in [-0.39, 0.29) is 24.8 Å². The first-order chi connectivity index (χ1) is 12.4. The van der Waals surface area contributed by atoms with Crippen LogP contribution in [0.25, 0.3) is 0 Å². The molecule has 1 aliphatic heterocycles. The number of benzene rings is 2. The first-order valence-electron chi connectivity index (χ1n) is 9.19. The number of nitrogens with one attached hydrogen (secondary N) is 1. The maximum Gasteiger partial charge on any atom is 0.120 e. The molecule has 1 saturated heterocycles. The minimum atomic E-state index is 0. The topological polar surface area (TPSA) is 24.5 Å². The first kappa shape index (κ1) is 23.5. The standard InChI is InChI=1S/C22H28N2O.2ClH/c1-2-3-12-22(24-15-13-23-14-16-24)20-10-7-11-21(17-20)25-18-19-8-5-4-6-9-19;;/h2,4-11,17,22-23H,1,3,12-16,18H2;2*1H/t22-;;/m1../s1. The normalized spacial score (nSPS) is 15.1. The molecule has 1 N–H and O–H groups in total. The lowest BCUT2D eigenvalue weighted by Crippen LogP contribution is -2.45. The molecular weight excluding hydrogens is 379 g/mol. The van der Waals surface area contributed by atoms with Crippen molar-refractivity contribution in [1.82, 2.24) is 10.2 Å². The molecule has 0 bridgehead atoms. The number of rotatable bonds is 8. The van der Waals surface area contributed by atoms with E-state index in [1.54, 1.807) is 0 Å². The highest BCUT2D eigenvalue weighted by Crippen LogP contribution is 2.29. The second-order valence-electron chi connectivity index (χ2n) is 6.51. The third-order valence-electron chi connectivity index (χ3n) is 4.73. The predicted molar refractivity (Wildman–Crippen MR) is 118 cm³/mol. The summed E-state index contributed by atoms with van der Waals surface area (Å²) in [6.45, 7) is 8.82. The van der Waals surface area contributed by atoms with E-state index in [1.807, 2.05) is 24.3 Å². The molecule has 0 aromatic heterocycles. The molecule has 1 fully saturated rings. The molecule has 1 atom stereocenters. The van der Waals surface area contributed by atoms with Gasteiger partial charge in [0.1, 0.15) is 12.4 Å². The Bertz CT molecular complexity index is 660. The maximum absolute atomic E-state index is 6.02.